The van der Waals surface area contributed by atoms with Gasteiger partial charge in [0.2, 0.25) is 0 Å². The average Bonchev–Trinajstić information content (AvgIpc) is 2.95. The minimum atomic E-state index is 0.0509. The van der Waals surface area contributed by atoms with E-state index in [0.717, 1.165) is 22.4 Å². The van der Waals surface area contributed by atoms with Gasteiger partial charge in [-0.1, -0.05) is 13.8 Å². The van der Waals surface area contributed by atoms with Crippen molar-refractivity contribution < 1.29 is 9.53 Å². The van der Waals surface area contributed by atoms with Gasteiger partial charge in [0.1, 0.15) is 4.88 Å². The second-order valence-electron chi connectivity index (χ2n) is 6.02. The number of fused-ring (bicyclic) bond motifs is 1. The van der Waals surface area contributed by atoms with E-state index in [1.54, 1.807) is 0 Å². The SMILES string of the molecule is CN(C(=O)c1sccc1Br)C1C2CCOC2C1(C)C. The van der Waals surface area contributed by atoms with Gasteiger partial charge in [0.25, 0.3) is 5.91 Å². The van der Waals surface area contributed by atoms with Gasteiger partial charge in [-0.2, -0.15) is 0 Å². The van der Waals surface area contributed by atoms with Gasteiger partial charge in [0, 0.05) is 35.5 Å². The van der Waals surface area contributed by atoms with Crippen molar-refractivity contribution in [1.82, 2.24) is 4.90 Å². The number of amides is 1. The molecular formula is C14H18BrNO2S. The molecule has 5 heteroatoms. The number of ether oxygens (including phenoxy) is 1. The van der Waals surface area contributed by atoms with Crippen LogP contribution in [0, 0.1) is 11.3 Å². The fraction of sp³-hybridized carbons (Fsp3) is 0.643. The molecular weight excluding hydrogens is 326 g/mol. The van der Waals surface area contributed by atoms with Crippen molar-refractivity contribution in [1.29, 1.82) is 0 Å². The minimum Gasteiger partial charge on any atom is -0.377 e. The Morgan fingerprint density at radius 1 is 1.58 bits per heavy atom. The Morgan fingerprint density at radius 2 is 2.32 bits per heavy atom. The third-order valence-electron chi connectivity index (χ3n) is 4.59. The van der Waals surface area contributed by atoms with Gasteiger partial charge in [-0.05, 0) is 33.8 Å². The van der Waals surface area contributed by atoms with Crippen LogP contribution in [0.25, 0.3) is 0 Å². The predicted octanol–water partition coefficient (Wildman–Crippen LogP) is 3.40. The molecule has 1 aliphatic heterocycles. The summed E-state index contributed by atoms with van der Waals surface area (Å²) in [6, 6.07) is 2.21. The molecule has 3 unspecified atom stereocenters. The van der Waals surface area contributed by atoms with E-state index in [-0.39, 0.29) is 17.4 Å². The highest BCUT2D eigenvalue weighted by molar-refractivity contribution is 9.10. The van der Waals surface area contributed by atoms with Crippen LogP contribution in [0.2, 0.25) is 0 Å². The van der Waals surface area contributed by atoms with Gasteiger partial charge in [0.05, 0.1) is 6.10 Å². The van der Waals surface area contributed by atoms with Crippen LogP contribution in [0.3, 0.4) is 0 Å². The van der Waals surface area contributed by atoms with Crippen LogP contribution in [0.4, 0.5) is 0 Å². The molecule has 0 radical (unpaired) electrons. The molecule has 1 aliphatic carbocycles. The average molecular weight is 344 g/mol. The molecule has 2 aliphatic rings. The van der Waals surface area contributed by atoms with E-state index in [1.807, 2.05) is 23.4 Å². The van der Waals surface area contributed by atoms with Gasteiger partial charge >= 0.3 is 0 Å². The lowest BCUT2D eigenvalue weighted by Gasteiger charge is -2.57. The maximum Gasteiger partial charge on any atom is 0.265 e. The lowest BCUT2D eigenvalue weighted by Crippen LogP contribution is -2.66. The lowest BCUT2D eigenvalue weighted by molar-refractivity contribution is -0.139. The summed E-state index contributed by atoms with van der Waals surface area (Å²) in [6.07, 6.45) is 1.39. The summed E-state index contributed by atoms with van der Waals surface area (Å²) in [7, 11) is 1.93. The molecule has 3 rings (SSSR count). The third-order valence-corrected chi connectivity index (χ3v) is 6.41. The van der Waals surface area contributed by atoms with Crippen LogP contribution in [0.1, 0.15) is 29.9 Å². The summed E-state index contributed by atoms with van der Waals surface area (Å²) in [6.45, 7) is 5.24. The topological polar surface area (TPSA) is 29.5 Å². The first kappa shape index (κ1) is 13.6. The lowest BCUT2D eigenvalue weighted by atomic mass is 9.57. The van der Waals surface area contributed by atoms with E-state index in [4.69, 9.17) is 4.74 Å². The van der Waals surface area contributed by atoms with Crippen LogP contribution < -0.4 is 0 Å². The molecule has 1 aromatic rings. The number of halogens is 1. The first-order valence-corrected chi connectivity index (χ1v) is 8.23. The van der Waals surface area contributed by atoms with Gasteiger partial charge in [-0.25, -0.2) is 0 Å². The molecule has 104 valence electrons. The Bertz CT molecular complexity index is 513. The summed E-state index contributed by atoms with van der Waals surface area (Å²) < 4.78 is 6.69. The van der Waals surface area contributed by atoms with Gasteiger partial charge in [-0.3, -0.25) is 4.79 Å². The van der Waals surface area contributed by atoms with E-state index in [9.17, 15) is 4.79 Å². The first-order valence-electron chi connectivity index (χ1n) is 6.56. The quantitative estimate of drug-likeness (QED) is 0.823. The van der Waals surface area contributed by atoms with Crippen molar-refractivity contribution >= 4 is 33.2 Å². The molecule has 3 nitrogen and oxygen atoms in total. The number of carbonyl (C=O) groups is 1. The smallest absolute Gasteiger partial charge is 0.265 e. The van der Waals surface area contributed by atoms with E-state index in [0.29, 0.717) is 12.0 Å². The van der Waals surface area contributed by atoms with E-state index >= 15 is 0 Å². The van der Waals surface area contributed by atoms with Crippen molar-refractivity contribution in [3.63, 3.8) is 0 Å². The van der Waals surface area contributed by atoms with Crippen molar-refractivity contribution in [2.24, 2.45) is 11.3 Å². The summed E-state index contributed by atoms with van der Waals surface area (Å²) >= 11 is 4.94. The Morgan fingerprint density at radius 3 is 2.95 bits per heavy atom. The minimum absolute atomic E-state index is 0.0509. The highest BCUT2D eigenvalue weighted by Gasteiger charge is 2.61. The molecule has 0 aromatic carbocycles. The fourth-order valence-electron chi connectivity index (χ4n) is 3.82. The maximum absolute atomic E-state index is 12.6. The van der Waals surface area contributed by atoms with E-state index in [2.05, 4.69) is 29.8 Å². The molecule has 1 amide bonds. The van der Waals surface area contributed by atoms with Gasteiger partial charge in [-0.15, -0.1) is 11.3 Å². The molecule has 1 saturated carbocycles. The Hall–Kier alpha value is -0.390. The monoisotopic (exact) mass is 343 g/mol. The molecule has 2 fully saturated rings. The molecule has 3 atom stereocenters. The molecule has 0 spiro atoms. The second kappa shape index (κ2) is 4.57. The van der Waals surface area contributed by atoms with Crippen molar-refractivity contribution in [2.75, 3.05) is 13.7 Å². The van der Waals surface area contributed by atoms with Crippen LogP contribution in [-0.4, -0.2) is 36.6 Å². The zero-order chi connectivity index (χ0) is 13.8. The molecule has 0 N–H and O–H groups in total. The number of thiophene rings is 1. The third kappa shape index (κ3) is 1.89. The highest BCUT2D eigenvalue weighted by Crippen LogP contribution is 2.54. The van der Waals surface area contributed by atoms with E-state index in [1.165, 1.54) is 11.3 Å². The Balaban J connectivity index is 1.83. The van der Waals surface area contributed by atoms with Crippen LogP contribution in [0.15, 0.2) is 15.9 Å². The highest BCUT2D eigenvalue weighted by atomic mass is 79.9. The fourth-order valence-corrected chi connectivity index (χ4v) is 5.34. The number of rotatable bonds is 2. The molecule has 0 bridgehead atoms. The van der Waals surface area contributed by atoms with Crippen LogP contribution >= 0.6 is 27.3 Å². The number of hydrogen-bond acceptors (Lipinski definition) is 3. The summed E-state index contributed by atoms with van der Waals surface area (Å²) in [4.78, 5) is 15.3. The van der Waals surface area contributed by atoms with Crippen molar-refractivity contribution in [3.05, 3.63) is 20.8 Å². The predicted molar refractivity (Wildman–Crippen MR) is 79.5 cm³/mol. The van der Waals surface area contributed by atoms with E-state index < -0.39 is 0 Å². The van der Waals surface area contributed by atoms with Gasteiger partial charge in [0.15, 0.2) is 0 Å². The van der Waals surface area contributed by atoms with Crippen LogP contribution in [0.5, 0.6) is 0 Å². The summed E-state index contributed by atoms with van der Waals surface area (Å²) in [5, 5.41) is 1.94. The van der Waals surface area contributed by atoms with Crippen LogP contribution in [-0.2, 0) is 4.74 Å². The number of nitrogens with zero attached hydrogens (tertiary/aromatic N) is 1. The number of carbonyl (C=O) groups excluding carboxylic acids is 1. The molecule has 1 aromatic heterocycles. The normalized spacial score (nSPS) is 31.7. The van der Waals surface area contributed by atoms with Crippen molar-refractivity contribution in [3.8, 4) is 0 Å². The zero-order valence-electron chi connectivity index (χ0n) is 11.4. The summed E-state index contributed by atoms with van der Waals surface area (Å²) in [5.74, 6) is 0.619. The van der Waals surface area contributed by atoms with Crippen molar-refractivity contribution in [2.45, 2.75) is 32.4 Å². The molecule has 1 saturated heterocycles. The Labute approximate surface area is 126 Å². The molecule has 19 heavy (non-hydrogen) atoms. The Kier molecular flexibility index (Phi) is 3.27. The first-order chi connectivity index (χ1) is 8.94. The largest absolute Gasteiger partial charge is 0.377 e. The zero-order valence-corrected chi connectivity index (χ0v) is 13.8. The van der Waals surface area contributed by atoms with Gasteiger partial charge < -0.3 is 9.64 Å². The maximum atomic E-state index is 12.6. The number of hydrogen-bond donors (Lipinski definition) is 0. The molecule has 2 heterocycles. The standard InChI is InChI=1S/C14H18BrNO2S/c1-14(2)11(8-4-6-18-12(8)14)16(3)13(17)10-9(15)5-7-19-10/h5,7-8,11-12H,4,6H2,1-3H3. The second-order valence-corrected chi connectivity index (χ2v) is 7.79. The summed E-state index contributed by atoms with van der Waals surface area (Å²) in [5.41, 5.74) is 0.0509.